The van der Waals surface area contributed by atoms with Gasteiger partial charge in [0.2, 0.25) is 0 Å². The molecule has 2 rings (SSSR count). The van der Waals surface area contributed by atoms with Crippen molar-refractivity contribution in [1.29, 1.82) is 0 Å². The van der Waals surface area contributed by atoms with Gasteiger partial charge in [-0.2, -0.15) is 0 Å². The molecule has 0 radical (unpaired) electrons. The number of aryl methyl sites for hydroxylation is 1. The minimum atomic E-state index is -3.53. The van der Waals surface area contributed by atoms with E-state index in [2.05, 4.69) is 28.9 Å². The molecule has 110 valence electrons. The highest BCUT2D eigenvalue weighted by atomic mass is 32.2. The van der Waals surface area contributed by atoms with Gasteiger partial charge in [0.05, 0.1) is 0 Å². The lowest BCUT2D eigenvalue weighted by Gasteiger charge is -2.06. The second-order valence-electron chi connectivity index (χ2n) is 4.65. The van der Waals surface area contributed by atoms with Crippen LogP contribution in [0.3, 0.4) is 0 Å². The van der Waals surface area contributed by atoms with Gasteiger partial charge in [-0.05, 0) is 18.6 Å². The molecular formula is C12H17N3O2S3. The van der Waals surface area contributed by atoms with E-state index in [1.54, 1.807) is 17.6 Å². The van der Waals surface area contributed by atoms with E-state index < -0.39 is 10.0 Å². The number of hydrogen-bond donors (Lipinski definition) is 2. The van der Waals surface area contributed by atoms with Gasteiger partial charge in [0.15, 0.2) is 5.13 Å². The Hall–Kier alpha value is -0.960. The first-order valence-corrected chi connectivity index (χ1v) is 9.31. The van der Waals surface area contributed by atoms with Crippen LogP contribution in [-0.2, 0) is 16.6 Å². The highest BCUT2D eigenvalue weighted by Gasteiger charge is 2.20. The summed E-state index contributed by atoms with van der Waals surface area (Å²) in [5, 5.41) is 5.42. The number of nitrogens with zero attached hydrogens (tertiary/aromatic N) is 1. The zero-order valence-electron chi connectivity index (χ0n) is 11.5. The number of rotatable bonds is 6. The molecule has 8 heteroatoms. The molecule has 0 amide bonds. The largest absolute Gasteiger partial charge is 0.310 e. The zero-order chi connectivity index (χ0) is 14.8. The molecule has 0 unspecified atom stereocenters. The number of anilines is 1. The highest BCUT2D eigenvalue weighted by molar-refractivity contribution is 7.94. The summed E-state index contributed by atoms with van der Waals surface area (Å²) >= 11 is 2.55. The molecule has 20 heavy (non-hydrogen) atoms. The molecule has 0 aliphatic rings. The lowest BCUT2D eigenvalue weighted by molar-refractivity contribution is 0.592. The van der Waals surface area contributed by atoms with Crippen LogP contribution in [0.2, 0.25) is 0 Å². The number of sulfonamides is 1. The van der Waals surface area contributed by atoms with Crippen LogP contribution >= 0.6 is 22.7 Å². The summed E-state index contributed by atoms with van der Waals surface area (Å²) in [6.07, 6.45) is 1.57. The predicted molar refractivity (Wildman–Crippen MR) is 84.0 cm³/mol. The maximum atomic E-state index is 12.2. The molecule has 0 aliphatic carbocycles. The number of aromatic nitrogens is 1. The van der Waals surface area contributed by atoms with Gasteiger partial charge in [0, 0.05) is 29.0 Å². The fourth-order valence-corrected chi connectivity index (χ4v) is 4.86. The van der Waals surface area contributed by atoms with Crippen LogP contribution < -0.4 is 10.0 Å². The van der Waals surface area contributed by atoms with Gasteiger partial charge < -0.3 is 5.32 Å². The van der Waals surface area contributed by atoms with Crippen molar-refractivity contribution in [3.8, 4) is 0 Å². The van der Waals surface area contributed by atoms with E-state index in [0.717, 1.165) is 10.4 Å². The summed E-state index contributed by atoms with van der Waals surface area (Å²) in [5.74, 6) is 0. The molecule has 2 heterocycles. The van der Waals surface area contributed by atoms with Gasteiger partial charge in [-0.3, -0.25) is 4.72 Å². The first-order chi connectivity index (χ1) is 9.38. The monoisotopic (exact) mass is 331 g/mol. The first-order valence-electron chi connectivity index (χ1n) is 6.13. The van der Waals surface area contributed by atoms with Gasteiger partial charge in [0.25, 0.3) is 10.0 Å². The Bertz CT molecular complexity index is 660. The fraction of sp³-hybridized carbons (Fsp3) is 0.417. The van der Waals surface area contributed by atoms with E-state index in [0.29, 0.717) is 21.9 Å². The van der Waals surface area contributed by atoms with E-state index in [1.165, 1.54) is 22.7 Å². The van der Waals surface area contributed by atoms with E-state index >= 15 is 0 Å². The van der Waals surface area contributed by atoms with Crippen LogP contribution in [-0.4, -0.2) is 19.4 Å². The van der Waals surface area contributed by atoms with Gasteiger partial charge in [-0.15, -0.1) is 22.7 Å². The van der Waals surface area contributed by atoms with E-state index in [-0.39, 0.29) is 0 Å². The third-order valence-corrected chi connectivity index (χ3v) is 6.46. The van der Waals surface area contributed by atoms with Crippen LogP contribution in [0.4, 0.5) is 5.13 Å². The average Bonchev–Trinajstić information content (AvgIpc) is 2.96. The molecule has 0 atom stereocenters. The molecule has 2 N–H and O–H groups in total. The molecule has 0 spiro atoms. The molecule has 2 aromatic rings. The minimum absolute atomic E-state index is 0.325. The Balaban J connectivity index is 2.18. The van der Waals surface area contributed by atoms with Crippen molar-refractivity contribution < 1.29 is 8.42 Å². The van der Waals surface area contributed by atoms with Gasteiger partial charge in [-0.25, -0.2) is 13.4 Å². The predicted octanol–water partition coefficient (Wildman–Crippen LogP) is 2.81. The Morgan fingerprint density at radius 3 is 2.75 bits per heavy atom. The van der Waals surface area contributed by atoms with Crippen molar-refractivity contribution in [1.82, 2.24) is 10.3 Å². The van der Waals surface area contributed by atoms with Crippen LogP contribution in [0.1, 0.15) is 24.3 Å². The van der Waals surface area contributed by atoms with Crippen molar-refractivity contribution >= 4 is 37.8 Å². The molecule has 2 aromatic heterocycles. The van der Waals surface area contributed by atoms with Crippen molar-refractivity contribution in [2.75, 3.05) is 4.72 Å². The van der Waals surface area contributed by atoms with Gasteiger partial charge in [0.1, 0.15) is 4.21 Å². The van der Waals surface area contributed by atoms with Gasteiger partial charge >= 0.3 is 0 Å². The van der Waals surface area contributed by atoms with Crippen molar-refractivity contribution in [2.24, 2.45) is 0 Å². The summed E-state index contributed by atoms with van der Waals surface area (Å²) in [7, 11) is -3.53. The molecular weight excluding hydrogens is 314 g/mol. The smallest absolute Gasteiger partial charge is 0.273 e. The quantitative estimate of drug-likeness (QED) is 0.854. The summed E-state index contributed by atoms with van der Waals surface area (Å²) in [6, 6.07) is 2.07. The van der Waals surface area contributed by atoms with Crippen LogP contribution in [0.25, 0.3) is 0 Å². The van der Waals surface area contributed by atoms with E-state index in [9.17, 15) is 8.42 Å². The lowest BCUT2D eigenvalue weighted by Crippen LogP contribution is -2.21. The zero-order valence-corrected chi connectivity index (χ0v) is 14.0. The third kappa shape index (κ3) is 3.78. The molecule has 0 fully saturated rings. The average molecular weight is 331 g/mol. The maximum Gasteiger partial charge on any atom is 0.273 e. The highest BCUT2D eigenvalue weighted by Crippen LogP contribution is 2.28. The number of nitrogens with one attached hydrogen (secondary N) is 2. The minimum Gasteiger partial charge on any atom is -0.310 e. The van der Waals surface area contributed by atoms with E-state index in [4.69, 9.17) is 0 Å². The van der Waals surface area contributed by atoms with Crippen molar-refractivity contribution in [3.05, 3.63) is 28.1 Å². The fourth-order valence-electron chi connectivity index (χ4n) is 1.53. The normalized spacial score (nSPS) is 12.0. The summed E-state index contributed by atoms with van der Waals surface area (Å²) < 4.78 is 27.3. The second-order valence-corrected chi connectivity index (χ2v) is 8.59. The summed E-state index contributed by atoms with van der Waals surface area (Å²) in [6.45, 7) is 6.73. The number of hydrogen-bond acceptors (Lipinski definition) is 6. The lowest BCUT2D eigenvalue weighted by atomic mass is 10.3. The van der Waals surface area contributed by atoms with Crippen LogP contribution in [0.15, 0.2) is 21.9 Å². The summed E-state index contributed by atoms with van der Waals surface area (Å²) in [5.41, 5.74) is 0.989. The Morgan fingerprint density at radius 2 is 2.15 bits per heavy atom. The summed E-state index contributed by atoms with van der Waals surface area (Å²) in [4.78, 5) is 4.98. The number of thiazole rings is 1. The number of thiophene rings is 1. The van der Waals surface area contributed by atoms with Crippen molar-refractivity contribution in [3.63, 3.8) is 0 Å². The Morgan fingerprint density at radius 1 is 1.40 bits per heavy atom. The van der Waals surface area contributed by atoms with Crippen LogP contribution in [0.5, 0.6) is 0 Å². The molecule has 0 saturated heterocycles. The Labute approximate surface area is 127 Å². The SMILES string of the molecule is Cc1cc(S(=O)(=O)Nc2nccs2)sc1CNC(C)C. The van der Waals surface area contributed by atoms with Crippen molar-refractivity contribution in [2.45, 2.75) is 37.6 Å². The van der Waals surface area contributed by atoms with E-state index in [1.807, 2.05) is 6.92 Å². The first kappa shape index (κ1) is 15.4. The molecule has 0 bridgehead atoms. The molecule has 0 saturated carbocycles. The maximum absolute atomic E-state index is 12.2. The van der Waals surface area contributed by atoms with Gasteiger partial charge in [-0.1, -0.05) is 13.8 Å². The molecule has 0 aliphatic heterocycles. The second kappa shape index (κ2) is 6.21. The molecule has 5 nitrogen and oxygen atoms in total. The van der Waals surface area contributed by atoms with Crippen LogP contribution in [0, 0.1) is 6.92 Å². The Kier molecular flexibility index (Phi) is 4.79. The topological polar surface area (TPSA) is 71.1 Å². The standard InChI is InChI=1S/C12H17N3O2S3/c1-8(2)14-7-10-9(3)6-11(19-10)20(16,17)15-12-13-4-5-18-12/h4-6,8,14H,7H2,1-3H3,(H,13,15). The third-order valence-electron chi connectivity index (χ3n) is 2.59. The molecule has 0 aromatic carbocycles.